The van der Waals surface area contributed by atoms with E-state index >= 15 is 4.39 Å². The number of amides is 2. The lowest BCUT2D eigenvalue weighted by molar-refractivity contribution is -0.113. The standard InChI is InChI=1S/C33H36ClF3N6O3/c1-17(2)39-27-9-21(29-24(11-22(34)12-26(29)35)31(45)42-15-33(36,37)16-42)10-28(40-27)41-30(44)25-8-19(13-38-18(3)20-4-5-20)14-43(32(25)46)23-6-7-23/h8-12,14,17-18,20,23,38H,4-7,13,15-16H2,1-3H3,(H2,39,40,41,44)/t18-/m0/s1. The summed E-state index contributed by atoms with van der Waals surface area (Å²) in [5, 5.41) is 9.23. The van der Waals surface area contributed by atoms with Crippen LogP contribution >= 0.6 is 11.6 Å². The number of pyridine rings is 2. The highest BCUT2D eigenvalue weighted by molar-refractivity contribution is 6.31. The van der Waals surface area contributed by atoms with Gasteiger partial charge in [0.05, 0.1) is 18.7 Å². The van der Waals surface area contributed by atoms with Crippen LogP contribution in [0.25, 0.3) is 11.1 Å². The topological polar surface area (TPSA) is 108 Å². The number of halogens is 4. The lowest BCUT2D eigenvalue weighted by Gasteiger charge is -2.39. The number of carbonyl (C=O) groups is 2. The number of alkyl halides is 2. The van der Waals surface area contributed by atoms with Gasteiger partial charge in [0, 0.05) is 41.5 Å². The first kappa shape index (κ1) is 32.1. The minimum Gasteiger partial charge on any atom is -0.368 e. The van der Waals surface area contributed by atoms with Gasteiger partial charge in [0.15, 0.2) is 0 Å². The Labute approximate surface area is 269 Å². The summed E-state index contributed by atoms with van der Waals surface area (Å²) >= 11 is 6.09. The fourth-order valence-electron chi connectivity index (χ4n) is 5.74. The number of carbonyl (C=O) groups excluding carboxylic acids is 2. The molecule has 0 spiro atoms. The van der Waals surface area contributed by atoms with Gasteiger partial charge in [-0.25, -0.2) is 18.2 Å². The van der Waals surface area contributed by atoms with Crippen molar-refractivity contribution < 1.29 is 22.8 Å². The molecule has 0 bridgehead atoms. The Kier molecular flexibility index (Phi) is 8.62. The maximum atomic E-state index is 15.6. The molecule has 3 aliphatic rings. The smallest absolute Gasteiger partial charge is 0.282 e. The van der Waals surface area contributed by atoms with Gasteiger partial charge in [-0.2, -0.15) is 0 Å². The van der Waals surface area contributed by atoms with Crippen LogP contribution in [0.5, 0.6) is 0 Å². The molecule has 1 aromatic carbocycles. The molecule has 0 radical (unpaired) electrons. The molecule has 13 heteroatoms. The highest BCUT2D eigenvalue weighted by Crippen LogP contribution is 2.37. The number of hydrogen-bond donors (Lipinski definition) is 3. The SMILES string of the molecule is CC(C)Nc1cc(-c2c(F)cc(Cl)cc2C(=O)N2CC(F)(F)C2)cc(NC(=O)c2cc(CN[C@@H](C)C3CC3)cn(C3CC3)c2=O)n1. The number of nitrogens with one attached hydrogen (secondary N) is 3. The third kappa shape index (κ3) is 7.07. The van der Waals surface area contributed by atoms with E-state index in [4.69, 9.17) is 11.6 Å². The van der Waals surface area contributed by atoms with Crippen LogP contribution in [0, 0.1) is 11.7 Å². The number of likely N-dealkylation sites (tertiary alicyclic amines) is 1. The van der Waals surface area contributed by atoms with E-state index in [0.29, 0.717) is 18.5 Å². The highest BCUT2D eigenvalue weighted by Gasteiger charge is 2.47. The molecule has 1 saturated heterocycles. The Bertz CT molecular complexity index is 1750. The van der Waals surface area contributed by atoms with Crippen molar-refractivity contribution in [3.8, 4) is 11.1 Å². The number of aromatic nitrogens is 2. The van der Waals surface area contributed by atoms with E-state index in [0.717, 1.165) is 29.4 Å². The molecule has 2 aromatic heterocycles. The Morgan fingerprint density at radius 2 is 1.72 bits per heavy atom. The van der Waals surface area contributed by atoms with E-state index in [9.17, 15) is 23.2 Å². The van der Waals surface area contributed by atoms with E-state index in [1.54, 1.807) is 10.6 Å². The summed E-state index contributed by atoms with van der Waals surface area (Å²) in [5.41, 5.74) is 0.106. The van der Waals surface area contributed by atoms with Gasteiger partial charge in [0.25, 0.3) is 23.3 Å². The van der Waals surface area contributed by atoms with Crippen LogP contribution in [0.3, 0.4) is 0 Å². The Balaban J connectivity index is 1.35. The first-order chi connectivity index (χ1) is 21.8. The number of anilines is 2. The minimum absolute atomic E-state index is 0.00265. The first-order valence-corrected chi connectivity index (χ1v) is 15.9. The lowest BCUT2D eigenvalue weighted by atomic mass is 9.97. The fourth-order valence-corrected chi connectivity index (χ4v) is 5.94. The lowest BCUT2D eigenvalue weighted by Crippen LogP contribution is -2.58. The van der Waals surface area contributed by atoms with Gasteiger partial charge in [0.2, 0.25) is 0 Å². The molecule has 46 heavy (non-hydrogen) atoms. The molecule has 2 amide bonds. The van der Waals surface area contributed by atoms with Gasteiger partial charge in [-0.05, 0) is 93.8 Å². The van der Waals surface area contributed by atoms with Crippen LogP contribution in [0.4, 0.5) is 24.8 Å². The van der Waals surface area contributed by atoms with Gasteiger partial charge in [-0.15, -0.1) is 0 Å². The molecule has 2 aliphatic carbocycles. The van der Waals surface area contributed by atoms with Crippen LogP contribution in [0.1, 0.15) is 78.8 Å². The van der Waals surface area contributed by atoms with Crippen molar-refractivity contribution in [2.45, 2.75) is 77.0 Å². The minimum atomic E-state index is -3.02. The maximum absolute atomic E-state index is 15.6. The molecule has 2 saturated carbocycles. The maximum Gasteiger partial charge on any atom is 0.282 e. The van der Waals surface area contributed by atoms with Gasteiger partial charge in [-0.1, -0.05) is 11.6 Å². The van der Waals surface area contributed by atoms with E-state index in [-0.39, 0.29) is 51.0 Å². The van der Waals surface area contributed by atoms with Gasteiger partial charge < -0.3 is 25.4 Å². The Morgan fingerprint density at radius 3 is 2.35 bits per heavy atom. The molecular weight excluding hydrogens is 621 g/mol. The van der Waals surface area contributed by atoms with Crippen molar-refractivity contribution in [1.82, 2.24) is 19.8 Å². The summed E-state index contributed by atoms with van der Waals surface area (Å²) in [4.78, 5) is 45.7. The molecule has 1 atom stereocenters. The number of nitrogens with zero attached hydrogens (tertiary/aromatic N) is 3. The van der Waals surface area contributed by atoms with Crippen LogP contribution in [-0.4, -0.2) is 57.4 Å². The monoisotopic (exact) mass is 656 g/mol. The van der Waals surface area contributed by atoms with Crippen LogP contribution in [0.2, 0.25) is 5.02 Å². The largest absolute Gasteiger partial charge is 0.368 e. The van der Waals surface area contributed by atoms with E-state index in [2.05, 4.69) is 27.9 Å². The second kappa shape index (κ2) is 12.4. The molecule has 3 heterocycles. The molecule has 0 unspecified atom stereocenters. The second-order valence-corrected chi connectivity index (χ2v) is 13.4. The Hall–Kier alpha value is -3.90. The van der Waals surface area contributed by atoms with Crippen LogP contribution < -0.4 is 21.5 Å². The summed E-state index contributed by atoms with van der Waals surface area (Å²) in [5.74, 6) is -4.47. The van der Waals surface area contributed by atoms with Crippen molar-refractivity contribution >= 4 is 35.1 Å². The zero-order chi connectivity index (χ0) is 32.9. The quantitative estimate of drug-likeness (QED) is 0.231. The molecule has 244 valence electrons. The molecule has 9 nitrogen and oxygen atoms in total. The van der Waals surface area contributed by atoms with Crippen LogP contribution in [0.15, 0.2) is 41.3 Å². The normalized spacial score (nSPS) is 17.9. The summed E-state index contributed by atoms with van der Waals surface area (Å²) < 4.78 is 44.4. The highest BCUT2D eigenvalue weighted by atomic mass is 35.5. The van der Waals surface area contributed by atoms with E-state index in [1.807, 2.05) is 20.0 Å². The van der Waals surface area contributed by atoms with Crippen LogP contribution in [-0.2, 0) is 6.54 Å². The predicted octanol–water partition coefficient (Wildman–Crippen LogP) is 6.09. The van der Waals surface area contributed by atoms with Gasteiger partial charge >= 0.3 is 0 Å². The Morgan fingerprint density at radius 1 is 1.02 bits per heavy atom. The third-order valence-electron chi connectivity index (χ3n) is 8.45. The first-order valence-electron chi connectivity index (χ1n) is 15.5. The van der Waals surface area contributed by atoms with E-state index in [1.165, 1.54) is 31.0 Å². The van der Waals surface area contributed by atoms with Crippen molar-refractivity contribution in [2.75, 3.05) is 23.7 Å². The van der Waals surface area contributed by atoms with Crippen molar-refractivity contribution in [2.24, 2.45) is 5.92 Å². The van der Waals surface area contributed by atoms with E-state index < -0.39 is 42.2 Å². The molecule has 3 aromatic rings. The number of hydrogen-bond acceptors (Lipinski definition) is 6. The van der Waals surface area contributed by atoms with Gasteiger partial charge in [-0.3, -0.25) is 14.4 Å². The average molecular weight is 657 g/mol. The zero-order valence-corrected chi connectivity index (χ0v) is 26.6. The zero-order valence-electron chi connectivity index (χ0n) is 25.8. The number of benzene rings is 1. The summed E-state index contributed by atoms with van der Waals surface area (Å²) in [6.07, 6.45) is 5.89. The summed E-state index contributed by atoms with van der Waals surface area (Å²) in [6, 6.07) is 6.96. The molecule has 6 rings (SSSR count). The van der Waals surface area contributed by atoms with Crippen molar-refractivity contribution in [1.29, 1.82) is 0 Å². The molecule has 3 N–H and O–H groups in total. The molecule has 3 fully saturated rings. The van der Waals surface area contributed by atoms with Crippen molar-refractivity contribution in [3.63, 3.8) is 0 Å². The molecule has 1 aliphatic heterocycles. The summed E-state index contributed by atoms with van der Waals surface area (Å²) in [7, 11) is 0. The molecular formula is C33H36ClF3N6O3. The average Bonchev–Trinajstić information content (AvgIpc) is 3.87. The van der Waals surface area contributed by atoms with Crippen molar-refractivity contribution in [3.05, 3.63) is 74.4 Å². The second-order valence-electron chi connectivity index (χ2n) is 12.9. The van der Waals surface area contributed by atoms with Gasteiger partial charge in [0.1, 0.15) is 23.0 Å². The third-order valence-corrected chi connectivity index (χ3v) is 8.67. The number of rotatable bonds is 11. The summed E-state index contributed by atoms with van der Waals surface area (Å²) in [6.45, 7) is 4.77. The predicted molar refractivity (Wildman–Crippen MR) is 170 cm³/mol. The fraction of sp³-hybridized carbons (Fsp3) is 0.455.